The van der Waals surface area contributed by atoms with Gasteiger partial charge in [0.25, 0.3) is 0 Å². The normalized spacial score (nSPS) is 29.6. The fourth-order valence-corrected chi connectivity index (χ4v) is 5.06. The molecule has 3 rings (SSSR count). The maximum Gasteiger partial charge on any atom is 0.0476 e. The average molecular weight is 305 g/mol. The highest BCUT2D eigenvalue weighted by molar-refractivity contribution is 7.99. The van der Waals surface area contributed by atoms with Crippen LogP contribution >= 0.6 is 11.8 Å². The lowest BCUT2D eigenvalue weighted by Gasteiger charge is -2.50. The minimum atomic E-state index is 0.318. The van der Waals surface area contributed by atoms with E-state index in [1.54, 1.807) is 0 Å². The van der Waals surface area contributed by atoms with E-state index in [0.717, 1.165) is 12.6 Å². The summed E-state index contributed by atoms with van der Waals surface area (Å²) in [6.45, 7) is 6.96. The fourth-order valence-electron chi connectivity index (χ4n) is 3.82. The average Bonchev–Trinajstić information content (AvgIpc) is 3.09. The molecular formula is C18H28N2S. The Morgan fingerprint density at radius 1 is 1.24 bits per heavy atom. The zero-order valence-corrected chi connectivity index (χ0v) is 14.2. The van der Waals surface area contributed by atoms with Gasteiger partial charge in [0.2, 0.25) is 0 Å². The van der Waals surface area contributed by atoms with Crippen LogP contribution in [-0.2, 0) is 0 Å². The van der Waals surface area contributed by atoms with Crippen LogP contribution in [0.15, 0.2) is 30.3 Å². The maximum absolute atomic E-state index is 3.89. The van der Waals surface area contributed by atoms with Gasteiger partial charge in [0.05, 0.1) is 0 Å². The molecule has 3 heteroatoms. The molecule has 0 aliphatic carbocycles. The van der Waals surface area contributed by atoms with Crippen LogP contribution in [0.4, 0.5) is 0 Å². The second kappa shape index (κ2) is 6.72. The molecule has 1 N–H and O–H groups in total. The van der Waals surface area contributed by atoms with Crippen molar-refractivity contribution < 1.29 is 0 Å². The van der Waals surface area contributed by atoms with Crippen LogP contribution in [0, 0.1) is 0 Å². The number of hydrogen-bond acceptors (Lipinski definition) is 3. The van der Waals surface area contributed by atoms with Gasteiger partial charge in [-0.1, -0.05) is 44.2 Å². The van der Waals surface area contributed by atoms with E-state index in [4.69, 9.17) is 0 Å². The zero-order valence-electron chi connectivity index (χ0n) is 13.3. The summed E-state index contributed by atoms with van der Waals surface area (Å²) in [4.78, 5) is 2.82. The molecule has 1 aromatic carbocycles. The van der Waals surface area contributed by atoms with Gasteiger partial charge in [0.1, 0.15) is 0 Å². The number of thioether (sulfide) groups is 1. The molecule has 21 heavy (non-hydrogen) atoms. The number of hydrogen-bond donors (Lipinski definition) is 1. The summed E-state index contributed by atoms with van der Waals surface area (Å²) in [6, 6.07) is 12.4. The first-order chi connectivity index (χ1) is 10.3. The van der Waals surface area contributed by atoms with E-state index in [1.165, 1.54) is 42.9 Å². The van der Waals surface area contributed by atoms with Gasteiger partial charge in [0.15, 0.2) is 0 Å². The molecule has 0 spiro atoms. The molecule has 0 saturated carbocycles. The van der Waals surface area contributed by atoms with Crippen molar-refractivity contribution >= 4 is 11.8 Å². The Labute approximate surface area is 133 Å². The number of nitrogens with zero attached hydrogens (tertiary/aromatic N) is 1. The Bertz CT molecular complexity index is 438. The van der Waals surface area contributed by atoms with Crippen LogP contribution < -0.4 is 5.32 Å². The van der Waals surface area contributed by atoms with Gasteiger partial charge >= 0.3 is 0 Å². The fraction of sp³-hybridized carbons (Fsp3) is 0.667. The largest absolute Gasteiger partial charge is 0.308 e. The van der Waals surface area contributed by atoms with E-state index in [0.29, 0.717) is 11.6 Å². The van der Waals surface area contributed by atoms with Crippen LogP contribution in [0.3, 0.4) is 0 Å². The third-order valence-corrected chi connectivity index (χ3v) is 6.61. The monoisotopic (exact) mass is 304 g/mol. The van der Waals surface area contributed by atoms with E-state index in [1.807, 2.05) is 0 Å². The Kier molecular flexibility index (Phi) is 4.92. The van der Waals surface area contributed by atoms with Crippen LogP contribution in [0.5, 0.6) is 0 Å². The number of piperazine rings is 1. The van der Waals surface area contributed by atoms with E-state index in [2.05, 4.69) is 66.2 Å². The number of nitrogens with one attached hydrogen (secondary N) is 1. The molecule has 2 nitrogen and oxygen atoms in total. The molecule has 2 unspecified atom stereocenters. The van der Waals surface area contributed by atoms with Gasteiger partial charge in [-0.25, -0.2) is 0 Å². The molecule has 2 atom stereocenters. The van der Waals surface area contributed by atoms with Crippen molar-refractivity contribution in [3.8, 4) is 0 Å². The van der Waals surface area contributed by atoms with Gasteiger partial charge in [0, 0.05) is 36.5 Å². The standard InChI is InChI=1S/C18H28N2S/c1-3-18(4-2)14-20(16-10-11-21-13-16)17(12-19-18)15-8-6-5-7-9-15/h5-9,16-17,19H,3-4,10-14H2,1-2H3. The van der Waals surface area contributed by atoms with Crippen molar-refractivity contribution in [3.05, 3.63) is 35.9 Å². The van der Waals surface area contributed by atoms with Crippen molar-refractivity contribution in [2.45, 2.75) is 50.7 Å². The van der Waals surface area contributed by atoms with Crippen LogP contribution in [0.2, 0.25) is 0 Å². The quantitative estimate of drug-likeness (QED) is 0.913. The first-order valence-corrected chi connectivity index (χ1v) is 9.57. The van der Waals surface area contributed by atoms with Gasteiger partial charge in [-0.15, -0.1) is 0 Å². The lowest BCUT2D eigenvalue weighted by atomic mass is 9.86. The van der Waals surface area contributed by atoms with Gasteiger partial charge < -0.3 is 5.32 Å². The SMILES string of the molecule is CCC1(CC)CN(C2CCSC2)C(c2ccccc2)CN1. The third-order valence-electron chi connectivity index (χ3n) is 5.47. The highest BCUT2D eigenvalue weighted by Gasteiger charge is 2.40. The lowest BCUT2D eigenvalue weighted by Crippen LogP contribution is -2.62. The molecule has 0 aromatic heterocycles. The number of benzene rings is 1. The molecule has 1 aromatic rings. The van der Waals surface area contributed by atoms with E-state index in [-0.39, 0.29) is 0 Å². The van der Waals surface area contributed by atoms with Gasteiger partial charge in [-0.3, -0.25) is 4.90 Å². The van der Waals surface area contributed by atoms with Crippen LogP contribution in [-0.4, -0.2) is 41.1 Å². The summed E-state index contributed by atoms with van der Waals surface area (Å²) in [5, 5.41) is 3.89. The summed E-state index contributed by atoms with van der Waals surface area (Å²) in [5.74, 6) is 2.65. The first-order valence-electron chi connectivity index (χ1n) is 8.41. The highest BCUT2D eigenvalue weighted by Crippen LogP contribution is 2.35. The summed E-state index contributed by atoms with van der Waals surface area (Å²) in [5.41, 5.74) is 1.79. The van der Waals surface area contributed by atoms with Crippen molar-refractivity contribution in [3.63, 3.8) is 0 Å². The Hall–Kier alpha value is -0.510. The van der Waals surface area contributed by atoms with Crippen molar-refractivity contribution in [2.24, 2.45) is 0 Å². The maximum atomic E-state index is 3.89. The predicted molar refractivity (Wildman–Crippen MR) is 92.9 cm³/mol. The van der Waals surface area contributed by atoms with E-state index >= 15 is 0 Å². The zero-order chi connectivity index (χ0) is 14.7. The predicted octanol–water partition coefficient (Wildman–Crippen LogP) is 3.70. The topological polar surface area (TPSA) is 15.3 Å². The smallest absolute Gasteiger partial charge is 0.0476 e. The summed E-state index contributed by atoms with van der Waals surface area (Å²) in [6.07, 6.45) is 3.81. The Balaban J connectivity index is 1.85. The van der Waals surface area contributed by atoms with Crippen molar-refractivity contribution in [1.82, 2.24) is 10.2 Å². The minimum absolute atomic E-state index is 0.318. The summed E-state index contributed by atoms with van der Waals surface area (Å²) < 4.78 is 0. The lowest BCUT2D eigenvalue weighted by molar-refractivity contribution is 0.0439. The first kappa shape index (κ1) is 15.4. The molecule has 0 amide bonds. The second-order valence-electron chi connectivity index (χ2n) is 6.48. The molecule has 0 radical (unpaired) electrons. The van der Waals surface area contributed by atoms with E-state index < -0.39 is 0 Å². The van der Waals surface area contributed by atoms with Crippen molar-refractivity contribution in [2.75, 3.05) is 24.6 Å². The Morgan fingerprint density at radius 2 is 2.00 bits per heavy atom. The molecule has 2 heterocycles. The molecule has 2 saturated heterocycles. The van der Waals surface area contributed by atoms with Gasteiger partial charge in [-0.2, -0.15) is 11.8 Å². The third kappa shape index (κ3) is 3.15. The molecule has 2 fully saturated rings. The van der Waals surface area contributed by atoms with Crippen LogP contribution in [0.25, 0.3) is 0 Å². The molecule has 2 aliphatic heterocycles. The minimum Gasteiger partial charge on any atom is -0.308 e. The summed E-state index contributed by atoms with van der Waals surface area (Å²) in [7, 11) is 0. The Morgan fingerprint density at radius 3 is 2.62 bits per heavy atom. The number of rotatable bonds is 4. The molecular weight excluding hydrogens is 276 g/mol. The molecule has 2 aliphatic rings. The van der Waals surface area contributed by atoms with Crippen LogP contribution in [0.1, 0.15) is 44.7 Å². The molecule has 0 bridgehead atoms. The van der Waals surface area contributed by atoms with Gasteiger partial charge in [-0.05, 0) is 30.6 Å². The molecule has 116 valence electrons. The van der Waals surface area contributed by atoms with Crippen molar-refractivity contribution in [1.29, 1.82) is 0 Å². The van der Waals surface area contributed by atoms with E-state index in [9.17, 15) is 0 Å². The second-order valence-corrected chi connectivity index (χ2v) is 7.63. The highest BCUT2D eigenvalue weighted by atomic mass is 32.2. The summed E-state index contributed by atoms with van der Waals surface area (Å²) >= 11 is 2.13.